The van der Waals surface area contributed by atoms with Gasteiger partial charge in [0.05, 0.1) is 6.04 Å². The zero-order valence-corrected chi connectivity index (χ0v) is 11.4. The highest BCUT2D eigenvalue weighted by Crippen LogP contribution is 2.09. The van der Waals surface area contributed by atoms with E-state index in [-0.39, 0.29) is 11.9 Å². The van der Waals surface area contributed by atoms with Gasteiger partial charge < -0.3 is 15.5 Å². The van der Waals surface area contributed by atoms with Crippen LogP contribution in [0.15, 0.2) is 0 Å². The van der Waals surface area contributed by atoms with E-state index in [0.717, 1.165) is 26.1 Å². The Morgan fingerprint density at radius 3 is 2.72 bits per heavy atom. The number of nitrogens with zero attached hydrogens (tertiary/aromatic N) is 1. The second kappa shape index (κ2) is 7.74. The van der Waals surface area contributed by atoms with Crippen LogP contribution in [0.1, 0.15) is 44.9 Å². The van der Waals surface area contributed by atoms with Gasteiger partial charge in [-0.3, -0.25) is 4.79 Å². The highest BCUT2D eigenvalue weighted by molar-refractivity contribution is 5.81. The number of carbonyl (C=O) groups excluding carboxylic acids is 1. The summed E-state index contributed by atoms with van der Waals surface area (Å²) in [5.74, 6) is 0.203. The van der Waals surface area contributed by atoms with Gasteiger partial charge in [0, 0.05) is 13.1 Å². The molecule has 2 heterocycles. The molecule has 0 spiro atoms. The number of hydrogen-bond acceptors (Lipinski definition) is 3. The fourth-order valence-electron chi connectivity index (χ4n) is 2.90. The van der Waals surface area contributed by atoms with Gasteiger partial charge in [-0.2, -0.15) is 0 Å². The molecule has 0 saturated carbocycles. The highest BCUT2D eigenvalue weighted by Gasteiger charge is 2.19. The predicted molar refractivity (Wildman–Crippen MR) is 73.6 cm³/mol. The van der Waals surface area contributed by atoms with Crippen LogP contribution in [-0.4, -0.2) is 49.6 Å². The maximum Gasteiger partial charge on any atom is 0.237 e. The van der Waals surface area contributed by atoms with Crippen molar-refractivity contribution in [3.63, 3.8) is 0 Å². The number of piperidine rings is 1. The van der Waals surface area contributed by atoms with Crippen molar-refractivity contribution >= 4 is 5.91 Å². The summed E-state index contributed by atoms with van der Waals surface area (Å²) in [4.78, 5) is 14.5. The average molecular weight is 253 g/mol. The molecule has 1 atom stereocenters. The first-order valence-electron chi connectivity index (χ1n) is 7.60. The van der Waals surface area contributed by atoms with Crippen molar-refractivity contribution < 1.29 is 4.79 Å². The molecule has 4 nitrogen and oxygen atoms in total. The van der Waals surface area contributed by atoms with E-state index in [1.807, 2.05) is 0 Å². The van der Waals surface area contributed by atoms with Crippen LogP contribution in [0.2, 0.25) is 0 Å². The maximum atomic E-state index is 12.0. The third-order valence-corrected chi connectivity index (χ3v) is 4.05. The third kappa shape index (κ3) is 4.58. The summed E-state index contributed by atoms with van der Waals surface area (Å²) in [5, 5.41) is 6.43. The molecule has 18 heavy (non-hydrogen) atoms. The lowest BCUT2D eigenvalue weighted by atomic mass is 10.1. The van der Waals surface area contributed by atoms with Gasteiger partial charge >= 0.3 is 0 Å². The lowest BCUT2D eigenvalue weighted by Crippen LogP contribution is -2.46. The van der Waals surface area contributed by atoms with E-state index in [1.54, 1.807) is 0 Å². The van der Waals surface area contributed by atoms with Gasteiger partial charge in [-0.25, -0.2) is 0 Å². The van der Waals surface area contributed by atoms with Crippen LogP contribution in [0, 0.1) is 0 Å². The minimum atomic E-state index is 0.0499. The average Bonchev–Trinajstić information content (AvgIpc) is 2.69. The van der Waals surface area contributed by atoms with Crippen LogP contribution in [0.5, 0.6) is 0 Å². The Bertz CT molecular complexity index is 243. The molecular weight excluding hydrogens is 226 g/mol. The molecule has 0 aliphatic carbocycles. The van der Waals surface area contributed by atoms with Crippen molar-refractivity contribution in [2.24, 2.45) is 0 Å². The van der Waals surface area contributed by atoms with Crippen LogP contribution < -0.4 is 10.6 Å². The third-order valence-electron chi connectivity index (χ3n) is 4.05. The maximum absolute atomic E-state index is 12.0. The Morgan fingerprint density at radius 1 is 1.11 bits per heavy atom. The SMILES string of the molecule is O=C(NCCN1CCCCC1)C1CCCCCN1. The van der Waals surface area contributed by atoms with E-state index in [0.29, 0.717) is 0 Å². The molecule has 2 N–H and O–H groups in total. The number of hydrogen-bond donors (Lipinski definition) is 2. The summed E-state index contributed by atoms with van der Waals surface area (Å²) in [6, 6.07) is 0.0499. The van der Waals surface area contributed by atoms with Gasteiger partial charge in [0.2, 0.25) is 5.91 Å². The van der Waals surface area contributed by atoms with Gasteiger partial charge in [0.15, 0.2) is 0 Å². The zero-order valence-electron chi connectivity index (χ0n) is 11.4. The molecule has 0 aromatic carbocycles. The van der Waals surface area contributed by atoms with E-state index in [4.69, 9.17) is 0 Å². The molecule has 0 bridgehead atoms. The Morgan fingerprint density at radius 2 is 1.89 bits per heavy atom. The number of nitrogens with one attached hydrogen (secondary N) is 2. The predicted octanol–water partition coefficient (Wildman–Crippen LogP) is 1.12. The quantitative estimate of drug-likeness (QED) is 0.789. The van der Waals surface area contributed by atoms with Crippen LogP contribution in [0.3, 0.4) is 0 Å². The van der Waals surface area contributed by atoms with Crippen LogP contribution >= 0.6 is 0 Å². The first-order valence-corrected chi connectivity index (χ1v) is 7.60. The summed E-state index contributed by atoms with van der Waals surface area (Å²) in [5.41, 5.74) is 0. The summed E-state index contributed by atoms with van der Waals surface area (Å²) >= 11 is 0. The number of amides is 1. The molecule has 0 radical (unpaired) electrons. The van der Waals surface area contributed by atoms with Crippen molar-refractivity contribution in [2.45, 2.75) is 51.0 Å². The van der Waals surface area contributed by atoms with Gasteiger partial charge in [-0.1, -0.05) is 19.3 Å². The molecule has 2 saturated heterocycles. The molecule has 2 aliphatic heterocycles. The summed E-state index contributed by atoms with van der Waals surface area (Å²) < 4.78 is 0. The van der Waals surface area contributed by atoms with Gasteiger partial charge in [0.25, 0.3) is 0 Å². The molecular formula is C14H27N3O. The summed E-state index contributed by atoms with van der Waals surface area (Å²) in [6.07, 6.45) is 8.64. The van der Waals surface area contributed by atoms with Crippen molar-refractivity contribution in [1.82, 2.24) is 15.5 Å². The molecule has 4 heteroatoms. The molecule has 1 unspecified atom stereocenters. The van der Waals surface area contributed by atoms with E-state index >= 15 is 0 Å². The minimum absolute atomic E-state index is 0.0499. The normalized spacial score (nSPS) is 26.6. The van der Waals surface area contributed by atoms with Crippen LogP contribution in [0.4, 0.5) is 0 Å². The van der Waals surface area contributed by atoms with E-state index < -0.39 is 0 Å². The smallest absolute Gasteiger partial charge is 0.237 e. The zero-order chi connectivity index (χ0) is 12.6. The van der Waals surface area contributed by atoms with Crippen molar-refractivity contribution in [3.05, 3.63) is 0 Å². The van der Waals surface area contributed by atoms with Crippen molar-refractivity contribution in [3.8, 4) is 0 Å². The van der Waals surface area contributed by atoms with Gasteiger partial charge in [-0.15, -0.1) is 0 Å². The van der Waals surface area contributed by atoms with Crippen molar-refractivity contribution in [1.29, 1.82) is 0 Å². The Balaban J connectivity index is 1.61. The molecule has 104 valence electrons. The second-order valence-electron chi connectivity index (χ2n) is 5.55. The van der Waals surface area contributed by atoms with E-state index in [2.05, 4.69) is 15.5 Å². The summed E-state index contributed by atoms with van der Waals surface area (Å²) in [7, 11) is 0. The Kier molecular flexibility index (Phi) is 5.94. The fraction of sp³-hybridized carbons (Fsp3) is 0.929. The fourth-order valence-corrected chi connectivity index (χ4v) is 2.90. The highest BCUT2D eigenvalue weighted by atomic mass is 16.2. The number of rotatable bonds is 4. The minimum Gasteiger partial charge on any atom is -0.353 e. The molecule has 2 aliphatic rings. The number of likely N-dealkylation sites (tertiary alicyclic amines) is 1. The Hall–Kier alpha value is -0.610. The van der Waals surface area contributed by atoms with Crippen LogP contribution in [-0.2, 0) is 4.79 Å². The topological polar surface area (TPSA) is 44.4 Å². The molecule has 0 aromatic rings. The lowest BCUT2D eigenvalue weighted by Gasteiger charge is -2.26. The lowest BCUT2D eigenvalue weighted by molar-refractivity contribution is -0.123. The largest absolute Gasteiger partial charge is 0.353 e. The van der Waals surface area contributed by atoms with Crippen LogP contribution in [0.25, 0.3) is 0 Å². The van der Waals surface area contributed by atoms with E-state index in [9.17, 15) is 4.79 Å². The van der Waals surface area contributed by atoms with Gasteiger partial charge in [0.1, 0.15) is 0 Å². The Labute approximate surface area is 110 Å². The molecule has 1 amide bonds. The van der Waals surface area contributed by atoms with Crippen molar-refractivity contribution in [2.75, 3.05) is 32.7 Å². The molecule has 2 fully saturated rings. The second-order valence-corrected chi connectivity index (χ2v) is 5.55. The first-order chi connectivity index (χ1) is 8.86. The number of carbonyl (C=O) groups is 1. The molecule has 2 rings (SSSR count). The monoisotopic (exact) mass is 253 g/mol. The van der Waals surface area contributed by atoms with Gasteiger partial charge in [-0.05, 0) is 45.3 Å². The summed E-state index contributed by atoms with van der Waals surface area (Å²) in [6.45, 7) is 5.22. The first kappa shape index (κ1) is 13.8. The van der Waals surface area contributed by atoms with E-state index in [1.165, 1.54) is 51.6 Å². The standard InChI is InChI=1S/C14H27N3O/c18-14(13-7-3-1-4-8-15-13)16-9-12-17-10-5-2-6-11-17/h13,15H,1-12H2,(H,16,18). The molecule has 0 aromatic heterocycles.